The van der Waals surface area contributed by atoms with Crippen molar-refractivity contribution in [3.63, 3.8) is 0 Å². The fourth-order valence-corrected chi connectivity index (χ4v) is 4.04. The Kier molecular flexibility index (Phi) is 16.2. The zero-order valence-corrected chi connectivity index (χ0v) is 17.9. The van der Waals surface area contributed by atoms with Crippen LogP contribution in [0.1, 0.15) is 86.0 Å². The molecule has 23 heavy (non-hydrogen) atoms. The predicted octanol–water partition coefficient (Wildman–Crippen LogP) is 6.81. The van der Waals surface area contributed by atoms with Crippen molar-refractivity contribution in [2.24, 2.45) is 17.8 Å². The third kappa shape index (κ3) is 17.0. The van der Waals surface area contributed by atoms with E-state index in [1.165, 1.54) is 38.5 Å². The second-order valence-corrected chi connectivity index (χ2v) is 9.15. The van der Waals surface area contributed by atoms with E-state index in [0.29, 0.717) is 11.6 Å². The molecule has 0 bridgehead atoms. The van der Waals surface area contributed by atoms with Crippen LogP contribution >= 0.6 is 15.9 Å². The van der Waals surface area contributed by atoms with Crippen LogP contribution in [0.2, 0.25) is 0 Å². The maximum atomic E-state index is 5.55. The number of halogens is 1. The highest BCUT2D eigenvalue weighted by molar-refractivity contribution is 9.09. The molecule has 0 aliphatic carbocycles. The van der Waals surface area contributed by atoms with Gasteiger partial charge in [-0.15, -0.1) is 0 Å². The summed E-state index contributed by atoms with van der Waals surface area (Å²) in [5, 5.41) is 0. The van der Waals surface area contributed by atoms with Gasteiger partial charge in [-0.2, -0.15) is 0 Å². The molecule has 0 aliphatic rings. The van der Waals surface area contributed by atoms with Gasteiger partial charge in [0.25, 0.3) is 0 Å². The molecule has 0 rings (SSSR count). The summed E-state index contributed by atoms with van der Waals surface area (Å²) in [5.74, 6) is 2.45. The highest BCUT2D eigenvalue weighted by Crippen LogP contribution is 2.25. The maximum Gasteiger partial charge on any atom is 0.146 e. The molecule has 0 aromatic carbocycles. The van der Waals surface area contributed by atoms with Gasteiger partial charge >= 0.3 is 0 Å². The van der Waals surface area contributed by atoms with Crippen molar-refractivity contribution in [2.45, 2.75) is 90.8 Å². The summed E-state index contributed by atoms with van der Waals surface area (Å²) in [6.07, 6.45) is 10.0. The summed E-state index contributed by atoms with van der Waals surface area (Å²) in [6.45, 7) is 13.8. The first-order chi connectivity index (χ1) is 11.0. The molecule has 140 valence electrons. The first kappa shape index (κ1) is 23.4. The Morgan fingerprint density at radius 3 is 1.91 bits per heavy atom. The lowest BCUT2D eigenvalue weighted by Crippen LogP contribution is -2.11. The first-order valence-corrected chi connectivity index (χ1v) is 10.7. The fraction of sp³-hybridized carbons (Fsp3) is 1.00. The van der Waals surface area contributed by atoms with Crippen molar-refractivity contribution >= 4 is 15.9 Å². The van der Waals surface area contributed by atoms with Crippen LogP contribution in [-0.2, 0) is 9.47 Å². The zero-order chi connectivity index (χ0) is 17.5. The number of hydrogen-bond donors (Lipinski definition) is 0. The molecular formula is C20H41BrO2. The van der Waals surface area contributed by atoms with E-state index in [4.69, 9.17) is 9.47 Å². The first-order valence-electron chi connectivity index (χ1n) is 9.75. The van der Waals surface area contributed by atoms with Gasteiger partial charge in [-0.1, -0.05) is 63.4 Å². The van der Waals surface area contributed by atoms with Crippen molar-refractivity contribution in [3.8, 4) is 0 Å². The molecule has 2 nitrogen and oxygen atoms in total. The topological polar surface area (TPSA) is 18.5 Å². The van der Waals surface area contributed by atoms with Gasteiger partial charge in [0.1, 0.15) is 6.79 Å². The predicted molar refractivity (Wildman–Crippen MR) is 105 cm³/mol. The lowest BCUT2D eigenvalue weighted by atomic mass is 9.86. The minimum Gasteiger partial charge on any atom is -0.355 e. The summed E-state index contributed by atoms with van der Waals surface area (Å²) >= 11 is 3.66. The van der Waals surface area contributed by atoms with E-state index >= 15 is 0 Å². The Labute approximate surface area is 154 Å². The van der Waals surface area contributed by atoms with E-state index in [2.05, 4.69) is 50.5 Å². The lowest BCUT2D eigenvalue weighted by Gasteiger charge is -2.21. The molecule has 0 fully saturated rings. The van der Waals surface area contributed by atoms with Crippen molar-refractivity contribution in [2.75, 3.05) is 20.0 Å². The van der Waals surface area contributed by atoms with E-state index in [9.17, 15) is 0 Å². The van der Waals surface area contributed by atoms with Crippen LogP contribution in [-0.4, -0.2) is 24.8 Å². The van der Waals surface area contributed by atoms with Gasteiger partial charge in [0.05, 0.1) is 0 Å². The zero-order valence-electron chi connectivity index (χ0n) is 16.3. The van der Waals surface area contributed by atoms with Crippen LogP contribution in [0.4, 0.5) is 0 Å². The number of unbranched alkanes of at least 4 members (excludes halogenated alkanes) is 2. The van der Waals surface area contributed by atoms with E-state index in [0.717, 1.165) is 43.8 Å². The van der Waals surface area contributed by atoms with Gasteiger partial charge in [0, 0.05) is 18.0 Å². The number of hydrogen-bond acceptors (Lipinski definition) is 2. The summed E-state index contributed by atoms with van der Waals surface area (Å²) in [5.41, 5.74) is 0. The van der Waals surface area contributed by atoms with Crippen molar-refractivity contribution in [1.29, 1.82) is 0 Å². The molecule has 4 unspecified atom stereocenters. The Morgan fingerprint density at radius 1 is 0.739 bits per heavy atom. The highest BCUT2D eigenvalue weighted by Gasteiger charge is 2.13. The molecule has 3 heteroatoms. The molecule has 0 heterocycles. The second kappa shape index (κ2) is 15.9. The molecule has 0 saturated carbocycles. The molecule has 0 saturated heterocycles. The summed E-state index contributed by atoms with van der Waals surface area (Å²) in [6, 6.07) is 0. The van der Waals surface area contributed by atoms with E-state index in [1.807, 2.05) is 0 Å². The van der Waals surface area contributed by atoms with Gasteiger partial charge in [-0.25, -0.2) is 0 Å². The number of ether oxygens (including phenoxy) is 2. The largest absolute Gasteiger partial charge is 0.355 e. The smallest absolute Gasteiger partial charge is 0.146 e. The van der Waals surface area contributed by atoms with Crippen LogP contribution in [0.25, 0.3) is 0 Å². The van der Waals surface area contributed by atoms with Gasteiger partial charge < -0.3 is 9.47 Å². The fourth-order valence-electron chi connectivity index (χ4n) is 3.40. The van der Waals surface area contributed by atoms with E-state index in [-0.39, 0.29) is 0 Å². The van der Waals surface area contributed by atoms with Gasteiger partial charge in [0.15, 0.2) is 0 Å². The average molecular weight is 393 g/mol. The minimum atomic E-state index is 0.469. The van der Waals surface area contributed by atoms with Gasteiger partial charge in [-0.05, 0) is 56.3 Å². The molecular weight excluding hydrogens is 352 g/mol. The molecule has 0 aliphatic heterocycles. The normalized spacial score (nSPS) is 17.0. The standard InChI is InChI=1S/C20H41BrO2/c1-6-7-8-11-22-16-23-12-9-10-17(2)13-18(3)14-19(4)15-20(5)21/h17-20H,6-16H2,1-5H3. The van der Waals surface area contributed by atoms with E-state index < -0.39 is 0 Å². The van der Waals surface area contributed by atoms with Gasteiger partial charge in [0.2, 0.25) is 0 Å². The molecule has 0 aromatic rings. The van der Waals surface area contributed by atoms with E-state index in [1.54, 1.807) is 0 Å². The Balaban J connectivity index is 3.46. The van der Waals surface area contributed by atoms with Crippen LogP contribution in [0, 0.1) is 17.8 Å². The maximum absolute atomic E-state index is 5.55. The van der Waals surface area contributed by atoms with Gasteiger partial charge in [-0.3, -0.25) is 0 Å². The number of alkyl halides is 1. The average Bonchev–Trinajstić information content (AvgIpc) is 2.44. The lowest BCUT2D eigenvalue weighted by molar-refractivity contribution is -0.0561. The molecule has 4 atom stereocenters. The summed E-state index contributed by atoms with van der Waals surface area (Å²) in [7, 11) is 0. The molecule has 0 spiro atoms. The second-order valence-electron chi connectivity index (χ2n) is 7.59. The Hall–Kier alpha value is 0.400. The van der Waals surface area contributed by atoms with Crippen molar-refractivity contribution < 1.29 is 9.47 Å². The summed E-state index contributed by atoms with van der Waals surface area (Å²) in [4.78, 5) is 0.642. The monoisotopic (exact) mass is 392 g/mol. The van der Waals surface area contributed by atoms with Crippen LogP contribution < -0.4 is 0 Å². The Morgan fingerprint density at radius 2 is 1.30 bits per heavy atom. The Bertz CT molecular complexity index is 246. The SMILES string of the molecule is CCCCCOCOCCCC(C)CC(C)CC(C)CC(C)Br. The molecule has 0 aromatic heterocycles. The quantitative estimate of drug-likeness (QED) is 0.163. The number of rotatable bonds is 16. The van der Waals surface area contributed by atoms with Crippen LogP contribution in [0.15, 0.2) is 0 Å². The minimum absolute atomic E-state index is 0.469. The highest BCUT2D eigenvalue weighted by atomic mass is 79.9. The van der Waals surface area contributed by atoms with Crippen LogP contribution in [0.3, 0.4) is 0 Å². The third-order valence-electron chi connectivity index (χ3n) is 4.38. The third-order valence-corrected chi connectivity index (χ3v) is 4.75. The van der Waals surface area contributed by atoms with Crippen LogP contribution in [0.5, 0.6) is 0 Å². The molecule has 0 radical (unpaired) electrons. The van der Waals surface area contributed by atoms with Crippen molar-refractivity contribution in [3.05, 3.63) is 0 Å². The molecule has 0 amide bonds. The van der Waals surface area contributed by atoms with Crippen molar-refractivity contribution in [1.82, 2.24) is 0 Å². The molecule has 0 N–H and O–H groups in total. The summed E-state index contributed by atoms with van der Waals surface area (Å²) < 4.78 is 11.0.